The molecule has 2 aromatic heterocycles. The van der Waals surface area contributed by atoms with E-state index < -0.39 is 5.41 Å². The Balaban J connectivity index is 1.18. The number of hydrogen-bond donors (Lipinski definition) is 0. The third kappa shape index (κ3) is 6.37. The Kier molecular flexibility index (Phi) is 9.83. The molecule has 75 heavy (non-hydrogen) atoms. The Bertz CT molecular complexity index is 4330. The Morgan fingerprint density at radius 2 is 0.907 bits per heavy atom. The first kappa shape index (κ1) is 44.1. The van der Waals surface area contributed by atoms with Crippen LogP contribution in [0, 0.1) is 17.9 Å². The Labute approximate surface area is 435 Å². The molecule has 0 N–H and O–H groups in total. The average molecular weight is 965 g/mol. The fourth-order valence-electron chi connectivity index (χ4n) is 12.4. The summed E-state index contributed by atoms with van der Waals surface area (Å²) in [4.78, 5) is 8.46. The van der Waals surface area contributed by atoms with Gasteiger partial charge in [-0.1, -0.05) is 149 Å². The van der Waals surface area contributed by atoms with E-state index in [1.807, 2.05) is 42.5 Å². The lowest BCUT2D eigenvalue weighted by atomic mass is 9.70. The molecule has 2 aliphatic carbocycles. The molecular weight excluding hydrogens is 917 g/mol. The quantitative estimate of drug-likeness (QED) is 0.142. The normalized spacial score (nSPS) is 12.9. The van der Waals surface area contributed by atoms with Crippen LogP contribution in [0.3, 0.4) is 0 Å². The van der Waals surface area contributed by atoms with Crippen LogP contribution in [0.2, 0.25) is 0 Å². The highest BCUT2D eigenvalue weighted by Gasteiger charge is 2.54. The van der Waals surface area contributed by atoms with Crippen molar-refractivity contribution < 1.29 is 8.83 Å². The molecule has 6 nitrogen and oxygen atoms in total. The number of hydrogen-bond acceptors (Lipinski definition) is 5. The third-order valence-electron chi connectivity index (χ3n) is 15.9. The summed E-state index contributed by atoms with van der Waals surface area (Å²) in [7, 11) is 0. The lowest BCUT2D eigenvalue weighted by Crippen LogP contribution is -2.26. The smallest absolute Gasteiger partial charge is 0.187 e. The summed E-state index contributed by atoms with van der Waals surface area (Å²) in [5, 5.41) is 14.0. The zero-order chi connectivity index (χ0) is 50.7. The number of furan rings is 2. The van der Waals surface area contributed by atoms with Gasteiger partial charge in [-0.25, -0.2) is 4.85 Å². The highest BCUT2D eigenvalue weighted by Crippen LogP contribution is 2.68. The molecule has 0 atom stereocenters. The van der Waals surface area contributed by atoms with Crippen molar-refractivity contribution in [1.29, 1.82) is 5.26 Å². The van der Waals surface area contributed by atoms with Crippen molar-refractivity contribution in [3.8, 4) is 28.3 Å². The van der Waals surface area contributed by atoms with Crippen LogP contribution in [0.15, 0.2) is 215 Å². The van der Waals surface area contributed by atoms with Crippen LogP contribution in [0.5, 0.6) is 0 Å². The molecule has 0 amide bonds. The molecule has 2 heterocycles. The number of rotatable bonds is 8. The Morgan fingerprint density at radius 1 is 0.467 bits per heavy atom. The number of fused-ring (bicyclic) bond motifs is 18. The van der Waals surface area contributed by atoms with E-state index in [4.69, 9.17) is 15.4 Å². The van der Waals surface area contributed by atoms with Crippen LogP contribution >= 0.6 is 0 Å². The van der Waals surface area contributed by atoms with Crippen molar-refractivity contribution in [1.82, 2.24) is 0 Å². The SMILES string of the molecule is [C-]#[N+]c1ccc(N(c2ccc(C(C)C)cc2)c2cc3c(c4oc5ccccc5c24)-c2c(cc(N(c4ccc(C#N)cc4)c4ccc(C(C)C)cc4)c4oc5ccccc5c24)C32c3ccccc3-c3ccccc32)cc1. The summed E-state index contributed by atoms with van der Waals surface area (Å²) in [6.45, 7) is 16.8. The summed E-state index contributed by atoms with van der Waals surface area (Å²) < 4.78 is 14.7. The van der Waals surface area contributed by atoms with Crippen molar-refractivity contribution in [3.63, 3.8) is 0 Å². The molecule has 0 saturated heterocycles. The second-order valence-electron chi connectivity index (χ2n) is 20.5. The van der Waals surface area contributed by atoms with Crippen LogP contribution in [0.1, 0.15) is 78.5 Å². The van der Waals surface area contributed by atoms with E-state index in [0.29, 0.717) is 23.1 Å². The minimum atomic E-state index is -0.861. The molecule has 0 unspecified atom stereocenters. The topological polar surface area (TPSA) is 60.9 Å². The average Bonchev–Trinajstić information content (AvgIpc) is 4.26. The molecule has 10 aromatic carbocycles. The molecule has 1 spiro atoms. The molecule has 0 fully saturated rings. The van der Waals surface area contributed by atoms with E-state index >= 15 is 0 Å². The molecule has 356 valence electrons. The lowest BCUT2D eigenvalue weighted by Gasteiger charge is -2.33. The number of benzene rings is 10. The maximum absolute atomic E-state index is 10.0. The lowest BCUT2D eigenvalue weighted by molar-refractivity contribution is 0.668. The standard InChI is InChI=1S/C69H48N4O2/c1-41(2)44-24-32-48(33-25-44)72(50-36-28-46(71-5)29-37-50)59-38-58-66(68-63(59)53-16-8-12-20-61(53)75-68)65-57(69(58)55-18-10-6-14-51(55)52-15-7-11-19-56(52)69)39-60(67-64(65)54-17-9-13-21-62(54)74-67)73(47-30-22-43(40-70)23-31-47)49-34-26-45(27-35-49)42(3)4/h6-39,41-42H,1-4H3. The molecule has 0 bridgehead atoms. The minimum Gasteiger partial charge on any atom is -0.455 e. The first-order valence-corrected chi connectivity index (χ1v) is 25.7. The van der Waals surface area contributed by atoms with Gasteiger partial charge >= 0.3 is 0 Å². The van der Waals surface area contributed by atoms with Crippen molar-refractivity contribution in [2.75, 3.05) is 9.80 Å². The maximum atomic E-state index is 10.0. The van der Waals surface area contributed by atoms with E-state index in [-0.39, 0.29) is 0 Å². The van der Waals surface area contributed by atoms with Gasteiger partial charge in [-0.2, -0.15) is 5.26 Å². The van der Waals surface area contributed by atoms with Gasteiger partial charge in [0.2, 0.25) is 0 Å². The summed E-state index contributed by atoms with van der Waals surface area (Å²) in [6.07, 6.45) is 0. The first-order chi connectivity index (χ1) is 36.8. The Morgan fingerprint density at radius 3 is 1.44 bits per heavy atom. The van der Waals surface area contributed by atoms with Gasteiger partial charge in [-0.15, -0.1) is 0 Å². The van der Waals surface area contributed by atoms with E-state index in [9.17, 15) is 5.26 Å². The number of nitriles is 1. The highest BCUT2D eigenvalue weighted by molar-refractivity contribution is 6.26. The van der Waals surface area contributed by atoms with Crippen LogP contribution in [0.25, 0.3) is 71.0 Å². The fraction of sp³-hybridized carbons (Fsp3) is 0.101. The van der Waals surface area contributed by atoms with Gasteiger partial charge in [0.15, 0.2) is 11.3 Å². The Hall–Kier alpha value is -9.62. The maximum Gasteiger partial charge on any atom is 0.187 e. The first-order valence-electron chi connectivity index (χ1n) is 25.7. The van der Waals surface area contributed by atoms with Crippen LogP contribution in [-0.2, 0) is 5.41 Å². The van der Waals surface area contributed by atoms with Gasteiger partial charge < -0.3 is 18.6 Å². The molecule has 2 aliphatic rings. The monoisotopic (exact) mass is 964 g/mol. The summed E-state index contributed by atoms with van der Waals surface area (Å²) >= 11 is 0. The predicted octanol–water partition coefficient (Wildman–Crippen LogP) is 19.4. The van der Waals surface area contributed by atoms with Crippen molar-refractivity contribution in [2.24, 2.45) is 0 Å². The van der Waals surface area contributed by atoms with Gasteiger partial charge in [0.25, 0.3) is 0 Å². The summed E-state index contributed by atoms with van der Waals surface area (Å²) in [5.41, 5.74) is 20.6. The number of anilines is 6. The fourth-order valence-corrected chi connectivity index (χ4v) is 12.4. The van der Waals surface area contributed by atoms with E-state index in [1.165, 1.54) is 33.4 Å². The van der Waals surface area contributed by atoms with Crippen LogP contribution < -0.4 is 9.80 Å². The van der Waals surface area contributed by atoms with Gasteiger partial charge in [0.05, 0.1) is 40.4 Å². The third-order valence-corrected chi connectivity index (χ3v) is 15.9. The largest absolute Gasteiger partial charge is 0.455 e. The zero-order valence-electron chi connectivity index (χ0n) is 41.9. The van der Waals surface area contributed by atoms with Crippen LogP contribution in [-0.4, -0.2) is 0 Å². The van der Waals surface area contributed by atoms with Gasteiger partial charge in [-0.3, -0.25) is 0 Å². The second kappa shape index (κ2) is 16.7. The van der Waals surface area contributed by atoms with Gasteiger partial charge in [0.1, 0.15) is 16.7 Å². The van der Waals surface area contributed by atoms with Crippen molar-refractivity contribution in [3.05, 3.63) is 257 Å². The molecule has 14 rings (SSSR count). The van der Waals surface area contributed by atoms with Gasteiger partial charge in [-0.05, 0) is 141 Å². The van der Waals surface area contributed by atoms with Crippen molar-refractivity contribution >= 4 is 83.7 Å². The molecule has 0 saturated carbocycles. The van der Waals surface area contributed by atoms with E-state index in [2.05, 4.69) is 212 Å². The molecule has 0 radical (unpaired) electrons. The summed E-state index contributed by atoms with van der Waals surface area (Å²) in [6, 6.07) is 75.4. The van der Waals surface area contributed by atoms with Crippen LogP contribution in [0.4, 0.5) is 39.8 Å². The van der Waals surface area contributed by atoms with E-state index in [0.717, 1.165) is 100 Å². The number of para-hydroxylation sites is 2. The zero-order valence-corrected chi connectivity index (χ0v) is 41.9. The van der Waals surface area contributed by atoms with Gasteiger partial charge in [0, 0.05) is 50.0 Å². The number of nitrogens with zero attached hydrogens (tertiary/aromatic N) is 4. The van der Waals surface area contributed by atoms with E-state index in [1.54, 1.807) is 0 Å². The second-order valence-corrected chi connectivity index (χ2v) is 20.5. The predicted molar refractivity (Wildman–Crippen MR) is 306 cm³/mol. The van der Waals surface area contributed by atoms with Crippen molar-refractivity contribution in [2.45, 2.75) is 44.9 Å². The molecule has 6 heteroatoms. The summed E-state index contributed by atoms with van der Waals surface area (Å²) in [5.74, 6) is 0.697. The molecule has 0 aliphatic heterocycles. The minimum absolute atomic E-state index is 0.346. The molecular formula is C69H48N4O2. The molecule has 12 aromatic rings. The highest BCUT2D eigenvalue weighted by atomic mass is 16.3.